The van der Waals surface area contributed by atoms with Gasteiger partial charge in [-0.1, -0.05) is 28.1 Å². The summed E-state index contributed by atoms with van der Waals surface area (Å²) in [6.45, 7) is 0.750. The number of hydrogen-bond acceptors (Lipinski definition) is 3. The number of halogens is 2. The zero-order chi connectivity index (χ0) is 16.8. The average Bonchev–Trinajstić information content (AvgIpc) is 2.50. The predicted molar refractivity (Wildman–Crippen MR) is 92.1 cm³/mol. The van der Waals surface area contributed by atoms with Gasteiger partial charge in [0.05, 0.1) is 19.3 Å². The van der Waals surface area contributed by atoms with Crippen LogP contribution in [0.15, 0.2) is 46.9 Å². The van der Waals surface area contributed by atoms with Crippen molar-refractivity contribution in [1.29, 1.82) is 0 Å². The molecule has 0 fully saturated rings. The molecule has 23 heavy (non-hydrogen) atoms. The molecule has 0 bridgehead atoms. The molecule has 0 spiro atoms. The number of nitrogens with one attached hydrogen (secondary N) is 1. The molecule has 0 radical (unpaired) electrons. The first kappa shape index (κ1) is 17.4. The molecule has 0 heterocycles. The maximum atomic E-state index is 13.7. The Balaban J connectivity index is 1.91. The molecule has 1 amide bonds. The van der Waals surface area contributed by atoms with Crippen LogP contribution in [0.5, 0.6) is 5.75 Å². The first-order valence-electron chi connectivity index (χ1n) is 7.04. The summed E-state index contributed by atoms with van der Waals surface area (Å²) in [7, 11) is 3.44. The van der Waals surface area contributed by atoms with Crippen LogP contribution < -0.4 is 10.1 Å². The van der Waals surface area contributed by atoms with Gasteiger partial charge in [0.25, 0.3) is 0 Å². The molecule has 0 aliphatic carbocycles. The zero-order valence-corrected chi connectivity index (χ0v) is 14.6. The zero-order valence-electron chi connectivity index (χ0n) is 13.0. The number of carbonyl (C=O) groups is 1. The molecule has 2 aromatic carbocycles. The van der Waals surface area contributed by atoms with Gasteiger partial charge in [-0.15, -0.1) is 0 Å². The maximum absolute atomic E-state index is 13.7. The highest BCUT2D eigenvalue weighted by Gasteiger charge is 2.10. The number of ether oxygens (including phenoxy) is 1. The number of methoxy groups -OCH3 is 1. The number of benzene rings is 2. The van der Waals surface area contributed by atoms with E-state index in [1.54, 1.807) is 13.2 Å². The Morgan fingerprint density at radius 2 is 2.09 bits per heavy atom. The van der Waals surface area contributed by atoms with Crippen LogP contribution in [0.2, 0.25) is 0 Å². The third kappa shape index (κ3) is 5.33. The second-order valence-corrected chi connectivity index (χ2v) is 6.11. The first-order chi connectivity index (χ1) is 11.0. The monoisotopic (exact) mass is 380 g/mol. The van der Waals surface area contributed by atoms with Crippen LogP contribution in [-0.2, 0) is 11.3 Å². The van der Waals surface area contributed by atoms with Gasteiger partial charge in [-0.25, -0.2) is 4.39 Å². The SMILES string of the molecule is COc1cccc(CN(C)CC(=O)Nc2ccc(Br)cc2F)c1. The lowest BCUT2D eigenvalue weighted by Gasteiger charge is -2.17. The predicted octanol–water partition coefficient (Wildman–Crippen LogP) is 3.67. The summed E-state index contributed by atoms with van der Waals surface area (Å²) in [5.41, 5.74) is 1.21. The lowest BCUT2D eigenvalue weighted by Crippen LogP contribution is -2.30. The molecular formula is C17H18BrFN2O2. The van der Waals surface area contributed by atoms with Crippen LogP contribution in [0.25, 0.3) is 0 Å². The highest BCUT2D eigenvalue weighted by molar-refractivity contribution is 9.10. The number of amides is 1. The van der Waals surface area contributed by atoms with Gasteiger partial charge in [0, 0.05) is 11.0 Å². The van der Waals surface area contributed by atoms with Crippen molar-refractivity contribution in [3.05, 3.63) is 58.3 Å². The Bertz CT molecular complexity index is 694. The molecule has 0 aliphatic heterocycles. The Labute approximate surface area is 143 Å². The van der Waals surface area contributed by atoms with Gasteiger partial charge in [-0.05, 0) is 42.9 Å². The van der Waals surface area contributed by atoms with Crippen LogP contribution in [-0.4, -0.2) is 31.5 Å². The molecule has 1 N–H and O–H groups in total. The van der Waals surface area contributed by atoms with E-state index in [0.29, 0.717) is 11.0 Å². The van der Waals surface area contributed by atoms with E-state index in [1.807, 2.05) is 36.2 Å². The molecule has 2 aromatic rings. The summed E-state index contributed by atoms with van der Waals surface area (Å²) >= 11 is 3.18. The molecule has 122 valence electrons. The number of carbonyl (C=O) groups excluding carboxylic acids is 1. The maximum Gasteiger partial charge on any atom is 0.238 e. The van der Waals surface area contributed by atoms with Crippen molar-refractivity contribution in [2.45, 2.75) is 6.54 Å². The van der Waals surface area contributed by atoms with Crippen LogP contribution in [0.1, 0.15) is 5.56 Å². The fourth-order valence-electron chi connectivity index (χ4n) is 2.16. The number of hydrogen-bond donors (Lipinski definition) is 1. The normalized spacial score (nSPS) is 10.7. The van der Waals surface area contributed by atoms with Gasteiger partial charge in [-0.3, -0.25) is 9.69 Å². The summed E-state index contributed by atoms with van der Waals surface area (Å²) in [6, 6.07) is 12.2. The van der Waals surface area contributed by atoms with Crippen LogP contribution in [0, 0.1) is 5.82 Å². The fourth-order valence-corrected chi connectivity index (χ4v) is 2.50. The molecule has 0 saturated heterocycles. The van der Waals surface area contributed by atoms with Crippen LogP contribution >= 0.6 is 15.9 Å². The molecule has 0 aromatic heterocycles. The van der Waals surface area contributed by atoms with Gasteiger partial charge in [0.1, 0.15) is 11.6 Å². The van der Waals surface area contributed by atoms with Gasteiger partial charge < -0.3 is 10.1 Å². The topological polar surface area (TPSA) is 41.6 Å². The Kier molecular flexibility index (Phi) is 6.12. The summed E-state index contributed by atoms with van der Waals surface area (Å²) in [6.07, 6.45) is 0. The van der Waals surface area contributed by atoms with E-state index >= 15 is 0 Å². The third-order valence-electron chi connectivity index (χ3n) is 3.21. The number of nitrogens with zero attached hydrogens (tertiary/aromatic N) is 1. The summed E-state index contributed by atoms with van der Waals surface area (Å²) in [4.78, 5) is 13.9. The van der Waals surface area contributed by atoms with Crippen molar-refractivity contribution >= 4 is 27.5 Å². The van der Waals surface area contributed by atoms with Gasteiger partial charge >= 0.3 is 0 Å². The Morgan fingerprint density at radius 3 is 2.78 bits per heavy atom. The van der Waals surface area contributed by atoms with Crippen LogP contribution in [0.4, 0.5) is 10.1 Å². The second-order valence-electron chi connectivity index (χ2n) is 5.20. The van der Waals surface area contributed by atoms with Gasteiger partial charge in [-0.2, -0.15) is 0 Å². The Morgan fingerprint density at radius 1 is 1.30 bits per heavy atom. The lowest BCUT2D eigenvalue weighted by molar-refractivity contribution is -0.117. The highest BCUT2D eigenvalue weighted by Crippen LogP contribution is 2.19. The minimum atomic E-state index is -0.469. The van der Waals surface area contributed by atoms with E-state index < -0.39 is 5.82 Å². The molecule has 0 aliphatic rings. The Hall–Kier alpha value is -1.92. The van der Waals surface area contributed by atoms with Crippen molar-refractivity contribution in [2.24, 2.45) is 0 Å². The molecule has 0 saturated carbocycles. The first-order valence-corrected chi connectivity index (χ1v) is 7.83. The van der Waals surface area contributed by atoms with Crippen molar-refractivity contribution < 1.29 is 13.9 Å². The van der Waals surface area contributed by atoms with Crippen molar-refractivity contribution in [1.82, 2.24) is 4.90 Å². The molecule has 4 nitrogen and oxygen atoms in total. The molecule has 2 rings (SSSR count). The number of likely N-dealkylation sites (N-methyl/N-ethyl adjacent to an activating group) is 1. The van der Waals surface area contributed by atoms with E-state index in [0.717, 1.165) is 11.3 Å². The number of rotatable bonds is 6. The van der Waals surface area contributed by atoms with Gasteiger partial charge in [0.15, 0.2) is 0 Å². The molecule has 6 heteroatoms. The fraction of sp³-hybridized carbons (Fsp3) is 0.235. The smallest absolute Gasteiger partial charge is 0.238 e. The van der Waals surface area contributed by atoms with Crippen molar-refractivity contribution in [3.63, 3.8) is 0 Å². The van der Waals surface area contributed by atoms with Crippen molar-refractivity contribution in [2.75, 3.05) is 26.0 Å². The van der Waals surface area contributed by atoms with E-state index in [4.69, 9.17) is 4.74 Å². The van der Waals surface area contributed by atoms with Crippen molar-refractivity contribution in [3.8, 4) is 5.75 Å². The molecule has 0 unspecified atom stereocenters. The van der Waals surface area contributed by atoms with Crippen LogP contribution in [0.3, 0.4) is 0 Å². The third-order valence-corrected chi connectivity index (χ3v) is 3.70. The minimum absolute atomic E-state index is 0.159. The minimum Gasteiger partial charge on any atom is -0.497 e. The summed E-state index contributed by atoms with van der Waals surface area (Å²) < 4.78 is 19.5. The highest BCUT2D eigenvalue weighted by atomic mass is 79.9. The second kappa shape index (κ2) is 8.08. The standard InChI is InChI=1S/C17H18BrFN2O2/c1-21(10-12-4-3-5-14(8-12)23-2)11-17(22)20-16-7-6-13(18)9-15(16)19/h3-9H,10-11H2,1-2H3,(H,20,22). The number of anilines is 1. The average molecular weight is 381 g/mol. The van der Waals surface area contributed by atoms with E-state index in [9.17, 15) is 9.18 Å². The van der Waals surface area contributed by atoms with E-state index in [-0.39, 0.29) is 18.1 Å². The molecular weight excluding hydrogens is 363 g/mol. The summed E-state index contributed by atoms with van der Waals surface area (Å²) in [5.74, 6) is 0.0390. The van der Waals surface area contributed by atoms with E-state index in [2.05, 4.69) is 21.2 Å². The summed E-state index contributed by atoms with van der Waals surface area (Å²) in [5, 5.41) is 2.58. The largest absolute Gasteiger partial charge is 0.497 e. The quantitative estimate of drug-likeness (QED) is 0.831. The molecule has 0 atom stereocenters. The lowest BCUT2D eigenvalue weighted by atomic mass is 10.2. The van der Waals surface area contributed by atoms with E-state index in [1.165, 1.54) is 12.1 Å². The van der Waals surface area contributed by atoms with Gasteiger partial charge in [0.2, 0.25) is 5.91 Å².